The van der Waals surface area contributed by atoms with Crippen LogP contribution in [-0.4, -0.2) is 51.9 Å². The normalized spacial score (nSPS) is 13.5. The molecule has 2 N–H and O–H groups in total. The lowest BCUT2D eigenvalue weighted by Crippen LogP contribution is -2.23. The van der Waals surface area contributed by atoms with Crippen molar-refractivity contribution >= 4 is 24.6 Å². The summed E-state index contributed by atoms with van der Waals surface area (Å²) >= 11 is 0. The topological polar surface area (TPSA) is 114 Å². The molecule has 2 rings (SSSR count). The van der Waals surface area contributed by atoms with E-state index >= 15 is 0 Å². The minimum Gasteiger partial charge on any atom is -0.382 e. The average Bonchev–Trinajstić information content (AvgIpc) is 2.96. The molecular formula is C13H21FN5O4P. The molecular weight excluding hydrogens is 340 g/mol. The van der Waals surface area contributed by atoms with Gasteiger partial charge < -0.3 is 24.1 Å². The van der Waals surface area contributed by atoms with Crippen molar-refractivity contribution < 1.29 is 22.7 Å². The van der Waals surface area contributed by atoms with Crippen molar-refractivity contribution in [2.75, 3.05) is 32.0 Å². The monoisotopic (exact) mass is 361 g/mol. The van der Waals surface area contributed by atoms with E-state index in [0.29, 0.717) is 11.2 Å². The molecule has 2 aromatic heterocycles. The van der Waals surface area contributed by atoms with Crippen LogP contribution in [0.25, 0.3) is 11.2 Å². The van der Waals surface area contributed by atoms with Gasteiger partial charge in [-0.2, -0.15) is 0 Å². The van der Waals surface area contributed by atoms with Gasteiger partial charge in [0.1, 0.15) is 31.0 Å². The van der Waals surface area contributed by atoms with Crippen molar-refractivity contribution in [1.82, 2.24) is 19.5 Å². The summed E-state index contributed by atoms with van der Waals surface area (Å²) in [5.74, 6) is 0.244. The molecule has 0 radical (unpaired) electrons. The SMILES string of the molecule is CCOP(=O)(CO[C@H](CF)Cn1cnc2c(N)ncnc21)OCC. The highest BCUT2D eigenvalue weighted by molar-refractivity contribution is 7.53. The Morgan fingerprint density at radius 2 is 2.00 bits per heavy atom. The van der Waals surface area contributed by atoms with Crippen molar-refractivity contribution in [3.8, 4) is 0 Å². The highest BCUT2D eigenvalue weighted by atomic mass is 31.2. The van der Waals surface area contributed by atoms with Crippen LogP contribution in [0.3, 0.4) is 0 Å². The highest BCUT2D eigenvalue weighted by Gasteiger charge is 2.26. The molecule has 24 heavy (non-hydrogen) atoms. The number of hydrogen-bond acceptors (Lipinski definition) is 8. The average molecular weight is 361 g/mol. The molecule has 9 nitrogen and oxygen atoms in total. The standard InChI is InChI=1S/C13H21FN5O4P/c1-3-22-24(20,23-4-2)9-21-10(5-14)6-19-8-18-11-12(15)16-7-17-13(11)19/h7-8,10H,3-6,9H2,1-2H3,(H2,15,16,17)/t10-/m1/s1. The molecule has 0 aromatic carbocycles. The number of nitrogen functional groups attached to an aromatic ring is 1. The van der Waals surface area contributed by atoms with E-state index in [1.54, 1.807) is 18.4 Å². The van der Waals surface area contributed by atoms with Crippen LogP contribution in [0.2, 0.25) is 0 Å². The van der Waals surface area contributed by atoms with Crippen LogP contribution in [-0.2, 0) is 24.9 Å². The molecule has 0 saturated heterocycles. The molecule has 0 amide bonds. The highest BCUT2D eigenvalue weighted by Crippen LogP contribution is 2.48. The molecule has 11 heteroatoms. The van der Waals surface area contributed by atoms with Crippen LogP contribution in [0, 0.1) is 0 Å². The molecule has 0 aliphatic rings. The van der Waals surface area contributed by atoms with Crippen molar-refractivity contribution in [3.63, 3.8) is 0 Å². The molecule has 2 aromatic rings. The number of anilines is 1. The maximum absolute atomic E-state index is 13.3. The van der Waals surface area contributed by atoms with Gasteiger partial charge in [0.05, 0.1) is 26.1 Å². The first-order valence-corrected chi connectivity index (χ1v) is 9.22. The van der Waals surface area contributed by atoms with Crippen LogP contribution in [0.1, 0.15) is 13.8 Å². The van der Waals surface area contributed by atoms with Gasteiger partial charge in [-0.15, -0.1) is 0 Å². The first-order valence-electron chi connectivity index (χ1n) is 7.50. The first-order chi connectivity index (χ1) is 11.5. The van der Waals surface area contributed by atoms with E-state index < -0.39 is 20.4 Å². The largest absolute Gasteiger partial charge is 0.382 e. The molecule has 0 bridgehead atoms. The van der Waals surface area contributed by atoms with Crippen LogP contribution < -0.4 is 5.73 Å². The molecule has 0 spiro atoms. The minimum absolute atomic E-state index is 0.127. The summed E-state index contributed by atoms with van der Waals surface area (Å²) < 4.78 is 42.9. The van der Waals surface area contributed by atoms with E-state index in [2.05, 4.69) is 15.0 Å². The Morgan fingerprint density at radius 1 is 1.29 bits per heavy atom. The van der Waals surface area contributed by atoms with E-state index in [0.717, 1.165) is 0 Å². The third-order valence-electron chi connectivity index (χ3n) is 3.12. The zero-order valence-electron chi connectivity index (χ0n) is 13.6. The van der Waals surface area contributed by atoms with Gasteiger partial charge in [-0.1, -0.05) is 0 Å². The van der Waals surface area contributed by atoms with E-state index in [-0.39, 0.29) is 31.9 Å². The predicted molar refractivity (Wildman–Crippen MR) is 86.3 cm³/mol. The Balaban J connectivity index is 2.06. The minimum atomic E-state index is -3.39. The lowest BCUT2D eigenvalue weighted by atomic mass is 10.4. The summed E-state index contributed by atoms with van der Waals surface area (Å²) in [4.78, 5) is 12.0. The predicted octanol–water partition coefficient (Wildman–Crippen LogP) is 1.99. The Labute approximate surface area is 138 Å². The van der Waals surface area contributed by atoms with E-state index in [9.17, 15) is 8.96 Å². The van der Waals surface area contributed by atoms with Gasteiger partial charge in [-0.05, 0) is 13.8 Å². The Morgan fingerprint density at radius 3 is 2.62 bits per heavy atom. The molecule has 0 aliphatic heterocycles. The summed E-state index contributed by atoms with van der Waals surface area (Å²) in [7, 11) is -3.39. The van der Waals surface area contributed by atoms with Crippen LogP contribution in [0.4, 0.5) is 10.2 Å². The molecule has 0 saturated carbocycles. The van der Waals surface area contributed by atoms with E-state index in [1.807, 2.05) is 0 Å². The van der Waals surface area contributed by atoms with Gasteiger partial charge >= 0.3 is 7.60 Å². The zero-order chi connectivity index (χ0) is 17.6. The van der Waals surface area contributed by atoms with Crippen molar-refractivity contribution in [1.29, 1.82) is 0 Å². The van der Waals surface area contributed by atoms with Crippen molar-refractivity contribution in [2.24, 2.45) is 0 Å². The maximum Gasteiger partial charge on any atom is 0.356 e. The van der Waals surface area contributed by atoms with Gasteiger partial charge in [-0.3, -0.25) is 4.57 Å². The van der Waals surface area contributed by atoms with E-state index in [1.165, 1.54) is 12.7 Å². The number of nitrogens with two attached hydrogens (primary N) is 1. The molecule has 0 unspecified atom stereocenters. The zero-order valence-corrected chi connectivity index (χ0v) is 14.5. The molecule has 0 fully saturated rings. The number of imidazole rings is 1. The molecule has 134 valence electrons. The van der Waals surface area contributed by atoms with Crippen LogP contribution in [0.15, 0.2) is 12.7 Å². The summed E-state index contributed by atoms with van der Waals surface area (Å²) in [6.07, 6.45) is 1.60. The lowest BCUT2D eigenvalue weighted by molar-refractivity contribution is 0.0385. The lowest BCUT2D eigenvalue weighted by Gasteiger charge is -2.20. The number of hydrogen-bond donors (Lipinski definition) is 1. The fraction of sp³-hybridized carbons (Fsp3) is 0.615. The number of rotatable bonds is 10. The maximum atomic E-state index is 13.3. The number of aromatic nitrogens is 4. The summed E-state index contributed by atoms with van der Waals surface area (Å²) in [5, 5.41) is 0. The second-order valence-corrected chi connectivity index (χ2v) is 6.84. The number of alkyl halides is 1. The molecule has 1 atom stereocenters. The summed E-state index contributed by atoms with van der Waals surface area (Å²) in [5.41, 5.74) is 6.62. The Kier molecular flexibility index (Phi) is 6.61. The van der Waals surface area contributed by atoms with Gasteiger partial charge in [0.15, 0.2) is 11.5 Å². The molecule has 0 aliphatic carbocycles. The smallest absolute Gasteiger partial charge is 0.356 e. The van der Waals surface area contributed by atoms with Crippen molar-refractivity contribution in [2.45, 2.75) is 26.5 Å². The number of nitrogens with zero attached hydrogens (tertiary/aromatic N) is 4. The first kappa shape index (κ1) is 18.7. The van der Waals surface area contributed by atoms with Crippen molar-refractivity contribution in [3.05, 3.63) is 12.7 Å². The fourth-order valence-electron chi connectivity index (χ4n) is 2.10. The van der Waals surface area contributed by atoms with Crippen LogP contribution in [0.5, 0.6) is 0 Å². The van der Waals surface area contributed by atoms with Gasteiger partial charge in [-0.25, -0.2) is 19.3 Å². The van der Waals surface area contributed by atoms with Crippen LogP contribution >= 0.6 is 7.60 Å². The summed E-state index contributed by atoms with van der Waals surface area (Å²) in [6.45, 7) is 3.16. The van der Waals surface area contributed by atoms with Gasteiger partial charge in [0.2, 0.25) is 0 Å². The number of halogens is 1. The van der Waals surface area contributed by atoms with Gasteiger partial charge in [0, 0.05) is 0 Å². The number of fused-ring (bicyclic) bond motifs is 1. The fourth-order valence-corrected chi connectivity index (χ4v) is 3.50. The third-order valence-corrected chi connectivity index (χ3v) is 4.89. The molecule has 2 heterocycles. The quantitative estimate of drug-likeness (QED) is 0.639. The van der Waals surface area contributed by atoms with Gasteiger partial charge in [0.25, 0.3) is 0 Å². The van der Waals surface area contributed by atoms with E-state index in [4.69, 9.17) is 19.5 Å². The Bertz CT molecular complexity index is 703. The second kappa shape index (κ2) is 8.48. The Hall–Kier alpha value is -1.61. The third kappa shape index (κ3) is 4.47. The second-order valence-electron chi connectivity index (χ2n) is 4.85. The summed E-state index contributed by atoms with van der Waals surface area (Å²) in [6, 6.07) is 0. The number of ether oxygens (including phenoxy) is 1.